The fraction of sp³-hybridized carbons (Fsp3) is 0.429. The van der Waals surface area contributed by atoms with Crippen LogP contribution in [0.4, 0.5) is 0 Å². The second-order valence-corrected chi connectivity index (χ2v) is 6.80. The molecule has 0 saturated heterocycles. The van der Waals surface area contributed by atoms with Crippen molar-refractivity contribution in [2.45, 2.75) is 32.6 Å². The number of dihydropyridines is 1. The third-order valence-electron chi connectivity index (χ3n) is 5.51. The monoisotopic (exact) mass is 323 g/mol. The van der Waals surface area contributed by atoms with Gasteiger partial charge in [-0.05, 0) is 54.4 Å². The van der Waals surface area contributed by atoms with Crippen LogP contribution >= 0.6 is 0 Å². The molecule has 3 nitrogen and oxygen atoms in total. The van der Waals surface area contributed by atoms with Crippen molar-refractivity contribution in [2.24, 2.45) is 5.92 Å². The summed E-state index contributed by atoms with van der Waals surface area (Å²) in [6, 6.07) is 0. The second-order valence-electron chi connectivity index (χ2n) is 6.80. The van der Waals surface area contributed by atoms with E-state index in [2.05, 4.69) is 36.5 Å². The summed E-state index contributed by atoms with van der Waals surface area (Å²) in [5, 5.41) is 3.48. The van der Waals surface area contributed by atoms with Gasteiger partial charge >= 0.3 is 0 Å². The molecule has 3 aliphatic carbocycles. The summed E-state index contributed by atoms with van der Waals surface area (Å²) in [6.45, 7) is 3.11. The largest absolute Gasteiger partial charge is 0.496 e. The number of nitrogens with one attached hydrogen (secondary N) is 1. The molecule has 24 heavy (non-hydrogen) atoms. The van der Waals surface area contributed by atoms with Gasteiger partial charge in [0.25, 0.3) is 0 Å². The lowest BCUT2D eigenvalue weighted by atomic mass is 9.79. The molecule has 0 aromatic heterocycles. The molecule has 4 rings (SSSR count). The Morgan fingerprint density at radius 1 is 1.08 bits per heavy atom. The van der Waals surface area contributed by atoms with Gasteiger partial charge in [0.2, 0.25) is 0 Å². The summed E-state index contributed by atoms with van der Waals surface area (Å²) in [7, 11) is 3.54. The van der Waals surface area contributed by atoms with Gasteiger partial charge in [0.1, 0.15) is 5.76 Å². The van der Waals surface area contributed by atoms with E-state index in [-0.39, 0.29) is 0 Å². The molecule has 1 aliphatic heterocycles. The van der Waals surface area contributed by atoms with Crippen LogP contribution in [0.2, 0.25) is 0 Å². The summed E-state index contributed by atoms with van der Waals surface area (Å²) in [4.78, 5) is 0. The van der Waals surface area contributed by atoms with Gasteiger partial charge in [-0.25, -0.2) is 0 Å². The van der Waals surface area contributed by atoms with Crippen molar-refractivity contribution >= 4 is 0 Å². The van der Waals surface area contributed by atoms with Crippen LogP contribution in [0, 0.1) is 5.92 Å². The first kappa shape index (κ1) is 15.4. The first-order chi connectivity index (χ1) is 11.8. The molecule has 1 heterocycles. The minimum atomic E-state index is 0.560. The molecular weight excluding hydrogens is 298 g/mol. The zero-order chi connectivity index (χ0) is 16.7. The summed E-state index contributed by atoms with van der Waals surface area (Å²) in [6.07, 6.45) is 13.5. The minimum Gasteiger partial charge on any atom is -0.496 e. The van der Waals surface area contributed by atoms with Gasteiger partial charge in [0.15, 0.2) is 5.88 Å². The van der Waals surface area contributed by atoms with Crippen LogP contribution in [0.15, 0.2) is 69.4 Å². The van der Waals surface area contributed by atoms with Gasteiger partial charge in [-0.3, -0.25) is 0 Å². The van der Waals surface area contributed by atoms with Crippen molar-refractivity contribution < 1.29 is 9.47 Å². The first-order valence-corrected chi connectivity index (χ1v) is 8.87. The molecule has 0 spiro atoms. The highest BCUT2D eigenvalue weighted by Gasteiger charge is 2.35. The van der Waals surface area contributed by atoms with Crippen LogP contribution in [0.25, 0.3) is 0 Å². The Labute approximate surface area is 144 Å². The molecule has 0 radical (unpaired) electrons. The molecule has 3 heteroatoms. The number of ether oxygens (including phenoxy) is 2. The molecule has 0 fully saturated rings. The smallest absolute Gasteiger partial charge is 0.195 e. The van der Waals surface area contributed by atoms with Gasteiger partial charge in [-0.2, -0.15) is 0 Å². The zero-order valence-corrected chi connectivity index (χ0v) is 14.7. The van der Waals surface area contributed by atoms with Gasteiger partial charge in [0.05, 0.1) is 19.8 Å². The molecule has 0 amide bonds. The van der Waals surface area contributed by atoms with Gasteiger partial charge in [-0.15, -0.1) is 0 Å². The first-order valence-electron chi connectivity index (χ1n) is 8.87. The lowest BCUT2D eigenvalue weighted by molar-refractivity contribution is 0.255. The second kappa shape index (κ2) is 6.04. The Bertz CT molecular complexity index is 759. The van der Waals surface area contributed by atoms with Crippen LogP contribution < -0.4 is 5.32 Å². The normalized spacial score (nSPS) is 25.4. The number of rotatable bonds is 3. The van der Waals surface area contributed by atoms with E-state index >= 15 is 0 Å². The van der Waals surface area contributed by atoms with Crippen molar-refractivity contribution in [2.75, 3.05) is 20.8 Å². The number of methoxy groups -OCH3 is 2. The number of hydrogen-bond acceptors (Lipinski definition) is 3. The quantitative estimate of drug-likeness (QED) is 0.840. The Balaban J connectivity index is 1.95. The Hall–Kier alpha value is -2.16. The summed E-state index contributed by atoms with van der Waals surface area (Å²) >= 11 is 0. The predicted octanol–water partition coefficient (Wildman–Crippen LogP) is 4.29. The van der Waals surface area contributed by atoms with Crippen LogP contribution in [-0.2, 0) is 9.47 Å². The van der Waals surface area contributed by atoms with Crippen molar-refractivity contribution in [3.8, 4) is 0 Å². The molecule has 1 N–H and O–H groups in total. The fourth-order valence-electron chi connectivity index (χ4n) is 4.27. The van der Waals surface area contributed by atoms with Crippen LogP contribution in [-0.4, -0.2) is 20.8 Å². The number of fused-ring (bicyclic) bond motifs is 1. The fourth-order valence-corrected chi connectivity index (χ4v) is 4.27. The van der Waals surface area contributed by atoms with E-state index in [1.165, 1.54) is 33.4 Å². The van der Waals surface area contributed by atoms with E-state index in [9.17, 15) is 0 Å². The van der Waals surface area contributed by atoms with Crippen molar-refractivity contribution in [1.29, 1.82) is 0 Å². The summed E-state index contributed by atoms with van der Waals surface area (Å²) in [5.41, 5.74) is 8.05. The number of allylic oxidation sites excluding steroid dienone is 8. The average Bonchev–Trinajstić information content (AvgIpc) is 2.80. The van der Waals surface area contributed by atoms with Crippen LogP contribution in [0.3, 0.4) is 0 Å². The molecule has 0 aromatic rings. The summed E-state index contributed by atoms with van der Waals surface area (Å²) < 4.78 is 11.6. The standard InChI is InChI=1S/C21H25NO2/c1-4-13-10-15-9-8-14-6-5-7-16-12-22-21(24-3)20(18(14)16)19(15)17(11-13)23-2/h5-6,8,11,13,22H,4,7,9-10,12H2,1-3H3. The third-order valence-corrected chi connectivity index (χ3v) is 5.51. The van der Waals surface area contributed by atoms with E-state index in [1.807, 2.05) is 0 Å². The maximum atomic E-state index is 5.83. The van der Waals surface area contributed by atoms with Crippen molar-refractivity contribution in [1.82, 2.24) is 5.32 Å². The highest BCUT2D eigenvalue weighted by Crippen LogP contribution is 2.47. The van der Waals surface area contributed by atoms with Crippen molar-refractivity contribution in [3.05, 3.63) is 69.4 Å². The molecule has 4 aliphatic rings. The third kappa shape index (κ3) is 2.26. The average molecular weight is 323 g/mol. The van der Waals surface area contributed by atoms with Gasteiger partial charge in [0, 0.05) is 12.1 Å². The molecule has 0 saturated carbocycles. The van der Waals surface area contributed by atoms with Gasteiger partial charge in [-0.1, -0.05) is 30.7 Å². The molecule has 0 bridgehead atoms. The lowest BCUT2D eigenvalue weighted by Gasteiger charge is -2.32. The highest BCUT2D eigenvalue weighted by molar-refractivity contribution is 5.71. The van der Waals surface area contributed by atoms with Crippen LogP contribution in [0.1, 0.15) is 32.6 Å². The van der Waals surface area contributed by atoms with E-state index in [0.29, 0.717) is 5.92 Å². The molecule has 126 valence electrons. The van der Waals surface area contributed by atoms with E-state index < -0.39 is 0 Å². The Morgan fingerprint density at radius 3 is 2.71 bits per heavy atom. The van der Waals surface area contributed by atoms with Crippen molar-refractivity contribution in [3.63, 3.8) is 0 Å². The number of hydrogen-bond donors (Lipinski definition) is 1. The molecular formula is C21H25NO2. The maximum Gasteiger partial charge on any atom is 0.195 e. The lowest BCUT2D eigenvalue weighted by Crippen LogP contribution is -2.28. The maximum absolute atomic E-state index is 5.83. The SMILES string of the molecule is CCC1C=C(OC)C2=C(CC=C3C=CCC4=C3C2=C(OC)NC4)C1. The molecule has 1 unspecified atom stereocenters. The molecule has 1 atom stereocenters. The Kier molecular flexibility index (Phi) is 3.87. The Morgan fingerprint density at radius 2 is 1.96 bits per heavy atom. The topological polar surface area (TPSA) is 30.5 Å². The summed E-state index contributed by atoms with van der Waals surface area (Å²) in [5.74, 6) is 2.44. The highest BCUT2D eigenvalue weighted by atomic mass is 16.5. The van der Waals surface area contributed by atoms with E-state index in [0.717, 1.165) is 43.9 Å². The van der Waals surface area contributed by atoms with E-state index in [1.54, 1.807) is 14.2 Å². The zero-order valence-electron chi connectivity index (χ0n) is 14.7. The van der Waals surface area contributed by atoms with Crippen LogP contribution in [0.5, 0.6) is 0 Å². The molecule has 0 aromatic carbocycles. The predicted molar refractivity (Wildman–Crippen MR) is 96.0 cm³/mol. The van der Waals surface area contributed by atoms with Gasteiger partial charge < -0.3 is 14.8 Å². The minimum absolute atomic E-state index is 0.560. The van der Waals surface area contributed by atoms with E-state index in [4.69, 9.17) is 9.47 Å².